The topological polar surface area (TPSA) is 107 Å². The van der Waals surface area contributed by atoms with Crippen LogP contribution in [-0.4, -0.2) is 22.9 Å². The second-order valence-electron chi connectivity index (χ2n) is 7.19. The first-order valence-electron chi connectivity index (χ1n) is 9.51. The van der Waals surface area contributed by atoms with E-state index in [0.717, 1.165) is 17.1 Å². The van der Waals surface area contributed by atoms with Crippen LogP contribution in [-0.2, 0) is 17.1 Å². The molecule has 9 heteroatoms. The number of hydrogen-bond acceptors (Lipinski definition) is 5. The van der Waals surface area contributed by atoms with Gasteiger partial charge >= 0.3 is 0 Å². The number of nitrogens with one attached hydrogen (secondary N) is 1. The van der Waals surface area contributed by atoms with Crippen molar-refractivity contribution in [2.45, 2.75) is 17.9 Å². The van der Waals surface area contributed by atoms with Crippen molar-refractivity contribution in [2.24, 2.45) is 7.05 Å². The fourth-order valence-corrected chi connectivity index (χ4v) is 4.99. The first-order chi connectivity index (χ1) is 14.8. The Bertz CT molecular complexity index is 1380. The minimum absolute atomic E-state index is 0.138. The third kappa shape index (κ3) is 3.92. The lowest BCUT2D eigenvalue weighted by atomic mass is 10.1. The van der Waals surface area contributed by atoms with Gasteiger partial charge in [-0.25, -0.2) is 13.4 Å². The van der Waals surface area contributed by atoms with Crippen LogP contribution in [0.5, 0.6) is 0 Å². The van der Waals surface area contributed by atoms with Gasteiger partial charge in [-0.3, -0.25) is 10.1 Å². The molecule has 0 amide bonds. The number of fused-ring (bicyclic) bond motifs is 1. The number of aryl methyl sites for hydroxylation is 2. The number of nitrogens with zero attached hydrogens (tertiary/aromatic N) is 3. The van der Waals surface area contributed by atoms with Gasteiger partial charge in [0.25, 0.3) is 5.69 Å². The van der Waals surface area contributed by atoms with Gasteiger partial charge in [-0.05, 0) is 30.2 Å². The average Bonchev–Trinajstić information content (AvgIpc) is 3.09. The van der Waals surface area contributed by atoms with Crippen molar-refractivity contribution in [3.8, 4) is 0 Å². The van der Waals surface area contributed by atoms with Crippen LogP contribution >= 0.6 is 0 Å². The molecule has 0 saturated heterocycles. The van der Waals surface area contributed by atoms with Gasteiger partial charge in [-0.1, -0.05) is 48.5 Å². The smallest absolute Gasteiger partial charge is 0.270 e. The molecule has 1 unspecified atom stereocenters. The summed E-state index contributed by atoms with van der Waals surface area (Å²) < 4.78 is 31.2. The standard InChI is InChI=1S/C22H20N4O4S/c1-15-12-13-17(26(27)28)14-20(15)31(29,30)24-21(16-8-4-3-5-9-16)22-23-18-10-6-7-11-19(18)25(22)2/h3-14,21,24H,1-2H3. The van der Waals surface area contributed by atoms with E-state index in [-0.39, 0.29) is 10.6 Å². The first-order valence-corrected chi connectivity index (χ1v) is 11.0. The van der Waals surface area contributed by atoms with Crippen LogP contribution in [0.25, 0.3) is 11.0 Å². The van der Waals surface area contributed by atoms with Crippen LogP contribution in [0.3, 0.4) is 0 Å². The molecule has 0 aliphatic heterocycles. The van der Waals surface area contributed by atoms with Crippen molar-refractivity contribution in [1.82, 2.24) is 14.3 Å². The minimum atomic E-state index is -4.10. The van der Waals surface area contributed by atoms with Crippen LogP contribution in [0.15, 0.2) is 77.7 Å². The van der Waals surface area contributed by atoms with Gasteiger partial charge < -0.3 is 4.57 Å². The van der Waals surface area contributed by atoms with Crippen LogP contribution in [0, 0.1) is 17.0 Å². The van der Waals surface area contributed by atoms with E-state index in [0.29, 0.717) is 17.0 Å². The number of para-hydroxylation sites is 2. The average molecular weight is 436 g/mol. The second kappa shape index (κ2) is 7.93. The van der Waals surface area contributed by atoms with Crippen molar-refractivity contribution in [1.29, 1.82) is 0 Å². The number of non-ortho nitro benzene ring substituents is 1. The maximum atomic E-state index is 13.3. The van der Waals surface area contributed by atoms with E-state index in [1.54, 1.807) is 6.92 Å². The molecule has 0 spiro atoms. The molecule has 1 heterocycles. The van der Waals surface area contributed by atoms with E-state index in [1.165, 1.54) is 12.1 Å². The Balaban J connectivity index is 1.85. The molecule has 158 valence electrons. The summed E-state index contributed by atoms with van der Waals surface area (Å²) >= 11 is 0. The summed E-state index contributed by atoms with van der Waals surface area (Å²) in [5, 5.41) is 11.2. The molecule has 0 fully saturated rings. The second-order valence-corrected chi connectivity index (χ2v) is 8.87. The first kappa shape index (κ1) is 20.7. The zero-order chi connectivity index (χ0) is 22.2. The molecular formula is C22H20N4O4S. The van der Waals surface area contributed by atoms with Gasteiger partial charge in [0, 0.05) is 19.2 Å². The highest BCUT2D eigenvalue weighted by Gasteiger charge is 2.29. The van der Waals surface area contributed by atoms with Crippen molar-refractivity contribution >= 4 is 26.7 Å². The fraction of sp³-hybridized carbons (Fsp3) is 0.136. The molecule has 0 saturated carbocycles. The van der Waals surface area contributed by atoms with Crippen LogP contribution < -0.4 is 4.72 Å². The Kier molecular flexibility index (Phi) is 5.30. The number of imidazole rings is 1. The summed E-state index contributed by atoms with van der Waals surface area (Å²) in [6.45, 7) is 1.60. The summed E-state index contributed by atoms with van der Waals surface area (Å²) in [5.41, 5.74) is 2.43. The molecular weight excluding hydrogens is 416 g/mol. The Hall–Kier alpha value is -3.56. The molecule has 1 atom stereocenters. The predicted octanol–water partition coefficient (Wildman–Crippen LogP) is 3.86. The van der Waals surface area contributed by atoms with Gasteiger partial charge in [0.2, 0.25) is 10.0 Å². The third-order valence-corrected chi connectivity index (χ3v) is 6.72. The van der Waals surface area contributed by atoms with E-state index in [1.807, 2.05) is 66.2 Å². The maximum Gasteiger partial charge on any atom is 0.270 e. The summed E-state index contributed by atoms with van der Waals surface area (Å²) in [6, 6.07) is 19.6. The van der Waals surface area contributed by atoms with E-state index in [2.05, 4.69) is 9.71 Å². The van der Waals surface area contributed by atoms with Gasteiger partial charge in [-0.15, -0.1) is 0 Å². The highest BCUT2D eigenvalue weighted by molar-refractivity contribution is 7.89. The highest BCUT2D eigenvalue weighted by atomic mass is 32.2. The highest BCUT2D eigenvalue weighted by Crippen LogP contribution is 2.28. The number of benzene rings is 3. The molecule has 1 N–H and O–H groups in total. The fourth-order valence-electron chi connectivity index (χ4n) is 3.55. The van der Waals surface area contributed by atoms with E-state index in [4.69, 9.17) is 0 Å². The third-order valence-electron chi connectivity index (χ3n) is 5.16. The van der Waals surface area contributed by atoms with Crippen LogP contribution in [0.4, 0.5) is 5.69 Å². The summed E-state index contributed by atoms with van der Waals surface area (Å²) in [4.78, 5) is 15.1. The van der Waals surface area contributed by atoms with E-state index < -0.39 is 21.0 Å². The molecule has 0 radical (unpaired) electrons. The van der Waals surface area contributed by atoms with Crippen molar-refractivity contribution < 1.29 is 13.3 Å². The molecule has 4 rings (SSSR count). The Morgan fingerprint density at radius 2 is 1.71 bits per heavy atom. The minimum Gasteiger partial charge on any atom is -0.329 e. The zero-order valence-electron chi connectivity index (χ0n) is 16.9. The van der Waals surface area contributed by atoms with E-state index >= 15 is 0 Å². The quantitative estimate of drug-likeness (QED) is 0.365. The molecule has 0 bridgehead atoms. The lowest BCUT2D eigenvalue weighted by Gasteiger charge is -2.20. The number of hydrogen-bond donors (Lipinski definition) is 1. The lowest BCUT2D eigenvalue weighted by Crippen LogP contribution is -2.31. The van der Waals surface area contributed by atoms with Gasteiger partial charge in [-0.2, -0.15) is 4.72 Å². The Morgan fingerprint density at radius 3 is 2.39 bits per heavy atom. The Labute approximate surface area is 179 Å². The number of sulfonamides is 1. The molecule has 4 aromatic rings. The van der Waals surface area contributed by atoms with E-state index in [9.17, 15) is 18.5 Å². The monoisotopic (exact) mass is 436 g/mol. The van der Waals surface area contributed by atoms with Crippen LogP contribution in [0.2, 0.25) is 0 Å². The molecule has 31 heavy (non-hydrogen) atoms. The largest absolute Gasteiger partial charge is 0.329 e. The van der Waals surface area contributed by atoms with Gasteiger partial charge in [0.1, 0.15) is 11.9 Å². The molecule has 0 aliphatic rings. The molecule has 8 nitrogen and oxygen atoms in total. The number of nitro groups is 1. The number of nitro benzene ring substituents is 1. The Morgan fingerprint density at radius 1 is 1.03 bits per heavy atom. The molecule has 1 aromatic heterocycles. The summed E-state index contributed by atoms with van der Waals surface area (Å²) in [6.07, 6.45) is 0. The summed E-state index contributed by atoms with van der Waals surface area (Å²) in [7, 11) is -2.28. The molecule has 0 aliphatic carbocycles. The zero-order valence-corrected chi connectivity index (χ0v) is 17.7. The number of aromatic nitrogens is 2. The maximum absolute atomic E-state index is 13.3. The normalized spacial score (nSPS) is 12.7. The summed E-state index contributed by atoms with van der Waals surface area (Å²) in [5.74, 6) is 0.513. The SMILES string of the molecule is Cc1ccc([N+](=O)[O-])cc1S(=O)(=O)NC(c1ccccc1)c1nc2ccccc2n1C. The molecule has 3 aromatic carbocycles. The number of rotatable bonds is 6. The predicted molar refractivity (Wildman–Crippen MR) is 117 cm³/mol. The van der Waals surface area contributed by atoms with Crippen LogP contribution in [0.1, 0.15) is 23.0 Å². The van der Waals surface area contributed by atoms with Crippen molar-refractivity contribution in [3.05, 3.63) is 99.9 Å². The van der Waals surface area contributed by atoms with Crippen molar-refractivity contribution in [2.75, 3.05) is 0 Å². The van der Waals surface area contributed by atoms with Gasteiger partial charge in [0.05, 0.1) is 20.9 Å². The van der Waals surface area contributed by atoms with Gasteiger partial charge in [0.15, 0.2) is 0 Å². The lowest BCUT2D eigenvalue weighted by molar-refractivity contribution is -0.385. The van der Waals surface area contributed by atoms with Crippen molar-refractivity contribution in [3.63, 3.8) is 0 Å².